The van der Waals surface area contributed by atoms with Crippen molar-refractivity contribution >= 4 is 17.5 Å². The highest BCUT2D eigenvalue weighted by molar-refractivity contribution is 5.69. The van der Waals surface area contributed by atoms with Gasteiger partial charge in [0.2, 0.25) is 0 Å². The van der Waals surface area contributed by atoms with E-state index in [4.69, 9.17) is 15.2 Å². The average molecular weight is 404 g/mol. The molecule has 1 aromatic carbocycles. The molecular weight excluding hydrogens is 366 g/mol. The lowest BCUT2D eigenvalue weighted by Gasteiger charge is -2.38. The van der Waals surface area contributed by atoms with E-state index in [-0.39, 0.29) is 6.09 Å². The van der Waals surface area contributed by atoms with Crippen molar-refractivity contribution in [3.8, 4) is 5.75 Å². The summed E-state index contributed by atoms with van der Waals surface area (Å²) in [4.78, 5) is 16.7. The zero-order valence-corrected chi connectivity index (χ0v) is 18.7. The first-order valence-electron chi connectivity index (χ1n) is 10.9. The average Bonchev–Trinajstić information content (AvgIpc) is 2.67. The van der Waals surface area contributed by atoms with Crippen LogP contribution in [0.4, 0.5) is 16.2 Å². The van der Waals surface area contributed by atoms with Gasteiger partial charge in [0.05, 0.1) is 12.8 Å². The number of hydrogen-bond acceptors (Lipinski definition) is 5. The lowest BCUT2D eigenvalue weighted by atomic mass is 9.87. The van der Waals surface area contributed by atoms with Gasteiger partial charge in [-0.1, -0.05) is 6.92 Å². The zero-order chi connectivity index (χ0) is 21.2. The molecule has 6 nitrogen and oxygen atoms in total. The second-order valence-electron chi connectivity index (χ2n) is 9.56. The number of anilines is 2. The molecule has 0 aromatic heterocycles. The summed E-state index contributed by atoms with van der Waals surface area (Å²) in [5.41, 5.74) is 9.04. The number of carbonyl (C=O) groups is 1. The third kappa shape index (κ3) is 5.28. The SMILES string of the molecule is COc1cc(N2CCC(C)CC2)c(C2CCN(C(=O)OC(C)(C)C)CC2)cc1N. The van der Waals surface area contributed by atoms with Gasteiger partial charge in [-0.05, 0) is 69.9 Å². The van der Waals surface area contributed by atoms with Crippen molar-refractivity contribution < 1.29 is 14.3 Å². The monoisotopic (exact) mass is 403 g/mol. The maximum Gasteiger partial charge on any atom is 0.410 e. The minimum absolute atomic E-state index is 0.213. The molecule has 1 aromatic rings. The van der Waals surface area contributed by atoms with Crippen LogP contribution in [0.3, 0.4) is 0 Å². The number of methoxy groups -OCH3 is 1. The van der Waals surface area contributed by atoms with Crippen LogP contribution in [0.1, 0.15) is 64.9 Å². The number of likely N-dealkylation sites (tertiary alicyclic amines) is 1. The molecule has 1 amide bonds. The van der Waals surface area contributed by atoms with Gasteiger partial charge in [-0.15, -0.1) is 0 Å². The van der Waals surface area contributed by atoms with E-state index in [1.54, 1.807) is 7.11 Å². The molecule has 29 heavy (non-hydrogen) atoms. The van der Waals surface area contributed by atoms with Crippen LogP contribution in [0.2, 0.25) is 0 Å². The predicted molar refractivity (Wildman–Crippen MR) is 118 cm³/mol. The minimum atomic E-state index is -0.461. The van der Waals surface area contributed by atoms with Gasteiger partial charge in [0, 0.05) is 37.9 Å². The lowest BCUT2D eigenvalue weighted by Crippen LogP contribution is -2.41. The molecule has 2 saturated heterocycles. The van der Waals surface area contributed by atoms with E-state index in [1.165, 1.54) is 24.1 Å². The quantitative estimate of drug-likeness (QED) is 0.746. The number of piperidine rings is 2. The lowest BCUT2D eigenvalue weighted by molar-refractivity contribution is 0.0205. The maximum atomic E-state index is 12.4. The van der Waals surface area contributed by atoms with Crippen molar-refractivity contribution in [1.82, 2.24) is 4.90 Å². The number of nitrogens with zero attached hydrogens (tertiary/aromatic N) is 2. The van der Waals surface area contributed by atoms with Gasteiger partial charge in [-0.25, -0.2) is 4.79 Å². The van der Waals surface area contributed by atoms with E-state index in [1.807, 2.05) is 25.7 Å². The van der Waals surface area contributed by atoms with Crippen LogP contribution in [0, 0.1) is 5.92 Å². The third-order valence-corrected chi connectivity index (χ3v) is 6.09. The van der Waals surface area contributed by atoms with Crippen LogP contribution in [0.5, 0.6) is 5.75 Å². The third-order valence-electron chi connectivity index (χ3n) is 6.09. The molecule has 0 aliphatic carbocycles. The fourth-order valence-electron chi connectivity index (χ4n) is 4.33. The number of benzene rings is 1. The van der Waals surface area contributed by atoms with E-state index < -0.39 is 5.60 Å². The summed E-state index contributed by atoms with van der Waals surface area (Å²) in [7, 11) is 1.67. The van der Waals surface area contributed by atoms with E-state index in [0.29, 0.717) is 24.7 Å². The molecule has 2 heterocycles. The Morgan fingerprint density at radius 2 is 1.69 bits per heavy atom. The summed E-state index contributed by atoms with van der Waals surface area (Å²) < 4.78 is 11.1. The van der Waals surface area contributed by atoms with Crippen molar-refractivity contribution in [1.29, 1.82) is 0 Å². The first-order valence-corrected chi connectivity index (χ1v) is 10.9. The molecule has 0 saturated carbocycles. The zero-order valence-electron chi connectivity index (χ0n) is 18.7. The molecule has 2 aliphatic heterocycles. The van der Waals surface area contributed by atoms with Crippen molar-refractivity contribution in [3.63, 3.8) is 0 Å². The molecule has 6 heteroatoms. The van der Waals surface area contributed by atoms with Crippen molar-refractivity contribution in [2.24, 2.45) is 5.92 Å². The largest absolute Gasteiger partial charge is 0.495 e. The Kier molecular flexibility index (Phi) is 6.49. The molecular formula is C23H37N3O3. The predicted octanol–water partition coefficient (Wildman–Crippen LogP) is 4.63. The number of hydrogen-bond donors (Lipinski definition) is 1. The molecule has 2 fully saturated rings. The molecule has 0 bridgehead atoms. The molecule has 2 N–H and O–H groups in total. The molecule has 0 unspecified atom stereocenters. The molecule has 0 atom stereocenters. The topological polar surface area (TPSA) is 68.0 Å². The van der Waals surface area contributed by atoms with Gasteiger partial charge in [-0.2, -0.15) is 0 Å². The summed E-state index contributed by atoms with van der Waals surface area (Å²) in [6.45, 7) is 11.6. The summed E-state index contributed by atoms with van der Waals surface area (Å²) >= 11 is 0. The highest BCUT2D eigenvalue weighted by Crippen LogP contribution is 2.41. The Morgan fingerprint density at radius 1 is 1.07 bits per heavy atom. The van der Waals surface area contributed by atoms with E-state index in [9.17, 15) is 4.79 Å². The highest BCUT2D eigenvalue weighted by Gasteiger charge is 2.30. The standard InChI is InChI=1S/C23H37N3O3/c1-16-6-10-25(11-7-16)20-15-21(28-5)19(24)14-18(20)17-8-12-26(13-9-17)22(27)29-23(2,3)4/h14-17H,6-13,24H2,1-5H3. The van der Waals surface area contributed by atoms with E-state index in [0.717, 1.165) is 37.6 Å². The van der Waals surface area contributed by atoms with Crippen LogP contribution in [-0.4, -0.2) is 49.9 Å². The number of amides is 1. The maximum absolute atomic E-state index is 12.4. The molecule has 0 spiro atoms. The van der Waals surface area contributed by atoms with Crippen LogP contribution >= 0.6 is 0 Å². The van der Waals surface area contributed by atoms with Crippen LogP contribution in [0.25, 0.3) is 0 Å². The number of rotatable bonds is 3. The van der Waals surface area contributed by atoms with Gasteiger partial charge >= 0.3 is 6.09 Å². The Morgan fingerprint density at radius 3 is 2.24 bits per heavy atom. The highest BCUT2D eigenvalue weighted by atomic mass is 16.6. The van der Waals surface area contributed by atoms with E-state index in [2.05, 4.69) is 24.0 Å². The summed E-state index contributed by atoms with van der Waals surface area (Å²) in [6, 6.07) is 4.21. The first-order chi connectivity index (χ1) is 13.7. The first kappa shape index (κ1) is 21.6. The summed E-state index contributed by atoms with van der Waals surface area (Å²) in [5.74, 6) is 1.91. The van der Waals surface area contributed by atoms with Crippen molar-refractivity contribution in [2.75, 3.05) is 43.9 Å². The van der Waals surface area contributed by atoms with Crippen LogP contribution in [-0.2, 0) is 4.74 Å². The normalized spacial score (nSPS) is 19.3. The Balaban J connectivity index is 1.76. The number of nitrogen functional groups attached to an aromatic ring is 1. The minimum Gasteiger partial charge on any atom is -0.495 e. The number of carbonyl (C=O) groups excluding carboxylic acids is 1. The Bertz CT molecular complexity index is 713. The fraction of sp³-hybridized carbons (Fsp3) is 0.696. The molecule has 162 valence electrons. The Labute approximate surface area is 175 Å². The van der Waals surface area contributed by atoms with Gasteiger partial charge in [-0.3, -0.25) is 0 Å². The van der Waals surface area contributed by atoms with Gasteiger partial charge in [0.1, 0.15) is 11.4 Å². The number of nitrogens with two attached hydrogens (primary N) is 1. The van der Waals surface area contributed by atoms with Gasteiger partial charge in [0.15, 0.2) is 0 Å². The van der Waals surface area contributed by atoms with Gasteiger partial charge < -0.3 is 25.0 Å². The van der Waals surface area contributed by atoms with Crippen LogP contribution < -0.4 is 15.4 Å². The second kappa shape index (κ2) is 8.72. The smallest absolute Gasteiger partial charge is 0.410 e. The summed E-state index contributed by atoms with van der Waals surface area (Å²) in [5, 5.41) is 0. The van der Waals surface area contributed by atoms with Gasteiger partial charge in [0.25, 0.3) is 0 Å². The fourth-order valence-corrected chi connectivity index (χ4v) is 4.33. The molecule has 2 aliphatic rings. The summed E-state index contributed by atoms with van der Waals surface area (Å²) in [6.07, 6.45) is 4.05. The second-order valence-corrected chi connectivity index (χ2v) is 9.56. The molecule has 3 rings (SSSR count). The Hall–Kier alpha value is -2.11. The molecule has 0 radical (unpaired) electrons. The van der Waals surface area contributed by atoms with Crippen molar-refractivity contribution in [2.45, 2.75) is 64.9 Å². The van der Waals surface area contributed by atoms with Crippen molar-refractivity contribution in [3.05, 3.63) is 17.7 Å². The number of ether oxygens (including phenoxy) is 2. The van der Waals surface area contributed by atoms with E-state index >= 15 is 0 Å². The van der Waals surface area contributed by atoms with Crippen LogP contribution in [0.15, 0.2) is 12.1 Å².